The second kappa shape index (κ2) is 11.1. The third kappa shape index (κ3) is 7.71. The predicted molar refractivity (Wildman–Crippen MR) is 127 cm³/mol. The molecule has 1 fully saturated rings. The molecule has 1 aliphatic heterocycles. The van der Waals surface area contributed by atoms with Gasteiger partial charge in [-0.2, -0.15) is 0 Å². The van der Waals surface area contributed by atoms with Crippen molar-refractivity contribution in [2.75, 3.05) is 29.9 Å². The van der Waals surface area contributed by atoms with Crippen LogP contribution in [0.15, 0.2) is 42.7 Å². The molecule has 2 heterocycles. The second-order valence-corrected chi connectivity index (χ2v) is 9.13. The zero-order valence-electron chi connectivity index (χ0n) is 19.5. The van der Waals surface area contributed by atoms with E-state index in [0.717, 1.165) is 31.6 Å². The van der Waals surface area contributed by atoms with E-state index in [1.54, 1.807) is 51.4 Å². The van der Waals surface area contributed by atoms with E-state index < -0.39 is 17.7 Å². The highest BCUT2D eigenvalue weighted by Gasteiger charge is 2.25. The predicted octanol–water partition coefficient (Wildman–Crippen LogP) is 2.95. The Balaban J connectivity index is 1.45. The van der Waals surface area contributed by atoms with Crippen molar-refractivity contribution in [3.05, 3.63) is 48.3 Å². The first-order valence-corrected chi connectivity index (χ1v) is 11.3. The molecular weight excluding hydrogens is 422 g/mol. The minimum Gasteiger partial charge on any atom is -0.479 e. The molecule has 0 radical (unpaired) electrons. The van der Waals surface area contributed by atoms with E-state index in [1.165, 1.54) is 0 Å². The van der Waals surface area contributed by atoms with Crippen LogP contribution in [0.1, 0.15) is 50.4 Å². The molecule has 0 bridgehead atoms. The molecule has 1 aromatic heterocycles. The van der Waals surface area contributed by atoms with Gasteiger partial charge in [0.25, 0.3) is 5.91 Å². The smallest absolute Gasteiger partial charge is 0.332 e. The number of nitrogens with one attached hydrogen (secondary N) is 2. The minimum atomic E-state index is -1.03. The molecule has 1 aliphatic rings. The average Bonchev–Trinajstić information content (AvgIpc) is 2.79. The van der Waals surface area contributed by atoms with E-state index >= 15 is 0 Å². The number of ether oxygens (including phenoxy) is 1. The van der Waals surface area contributed by atoms with Gasteiger partial charge in [-0.05, 0) is 63.9 Å². The summed E-state index contributed by atoms with van der Waals surface area (Å²) in [6.07, 6.45) is 4.65. The van der Waals surface area contributed by atoms with Gasteiger partial charge in [-0.25, -0.2) is 14.8 Å². The molecule has 9 nitrogen and oxygen atoms in total. The Kier molecular flexibility index (Phi) is 8.21. The molecule has 1 aromatic carbocycles. The van der Waals surface area contributed by atoms with Crippen LogP contribution in [-0.4, -0.2) is 64.3 Å². The second-order valence-electron chi connectivity index (χ2n) is 9.13. The van der Waals surface area contributed by atoms with Gasteiger partial charge in [-0.15, -0.1) is 0 Å². The van der Waals surface area contributed by atoms with Gasteiger partial charge < -0.3 is 25.4 Å². The summed E-state index contributed by atoms with van der Waals surface area (Å²) in [5, 5.41) is 15.5. The van der Waals surface area contributed by atoms with Crippen LogP contribution in [0.2, 0.25) is 0 Å². The monoisotopic (exact) mass is 455 g/mol. The molecule has 0 aliphatic carbocycles. The van der Waals surface area contributed by atoms with Gasteiger partial charge in [0.2, 0.25) is 5.95 Å². The molecule has 0 spiro atoms. The van der Waals surface area contributed by atoms with Gasteiger partial charge in [-0.1, -0.05) is 0 Å². The molecule has 178 valence electrons. The summed E-state index contributed by atoms with van der Waals surface area (Å²) in [6, 6.07) is 9.63. The summed E-state index contributed by atoms with van der Waals surface area (Å²) in [7, 11) is 0. The normalized spacial score (nSPS) is 15.7. The number of aromatic nitrogens is 2. The largest absolute Gasteiger partial charge is 0.479 e. The van der Waals surface area contributed by atoms with Gasteiger partial charge in [0.1, 0.15) is 0 Å². The van der Waals surface area contributed by atoms with E-state index in [4.69, 9.17) is 4.74 Å². The maximum Gasteiger partial charge on any atom is 0.332 e. The molecular formula is C24H33N5O4. The lowest BCUT2D eigenvalue weighted by atomic mass is 10.0. The first-order chi connectivity index (χ1) is 15.7. The van der Waals surface area contributed by atoms with Crippen molar-refractivity contribution < 1.29 is 19.4 Å². The number of nitrogens with zero attached hydrogens (tertiary/aromatic N) is 3. The topological polar surface area (TPSA) is 117 Å². The summed E-state index contributed by atoms with van der Waals surface area (Å²) in [6.45, 7) is 7.44. The number of aliphatic carboxylic acids is 1. The highest BCUT2D eigenvalue weighted by Crippen LogP contribution is 2.22. The summed E-state index contributed by atoms with van der Waals surface area (Å²) in [4.78, 5) is 34.6. The van der Waals surface area contributed by atoms with E-state index in [2.05, 4.69) is 25.5 Å². The van der Waals surface area contributed by atoms with Crippen LogP contribution in [0.25, 0.3) is 0 Å². The van der Waals surface area contributed by atoms with Crippen LogP contribution >= 0.6 is 0 Å². The first kappa shape index (κ1) is 24.4. The molecule has 1 atom stereocenters. The lowest BCUT2D eigenvalue weighted by Gasteiger charge is -2.34. The number of hydrogen-bond donors (Lipinski definition) is 3. The van der Waals surface area contributed by atoms with Crippen molar-refractivity contribution in [3.8, 4) is 0 Å². The fourth-order valence-electron chi connectivity index (χ4n) is 3.74. The number of carboxylic acids is 1. The van der Waals surface area contributed by atoms with E-state index in [0.29, 0.717) is 17.6 Å². The molecule has 1 amide bonds. The molecule has 0 unspecified atom stereocenters. The van der Waals surface area contributed by atoms with Gasteiger partial charge in [0.05, 0.1) is 5.60 Å². The zero-order chi connectivity index (χ0) is 23.8. The highest BCUT2D eigenvalue weighted by molar-refractivity contribution is 5.94. The van der Waals surface area contributed by atoms with Crippen molar-refractivity contribution in [2.24, 2.45) is 0 Å². The number of benzene rings is 1. The molecule has 0 saturated carbocycles. The van der Waals surface area contributed by atoms with Crippen molar-refractivity contribution in [1.82, 2.24) is 15.3 Å². The average molecular weight is 456 g/mol. The minimum absolute atomic E-state index is 0.202. The van der Waals surface area contributed by atoms with Crippen molar-refractivity contribution >= 4 is 23.5 Å². The van der Waals surface area contributed by atoms with Crippen LogP contribution in [-0.2, 0) is 9.53 Å². The molecule has 1 saturated heterocycles. The molecule has 9 heteroatoms. The summed E-state index contributed by atoms with van der Waals surface area (Å²) in [5.41, 5.74) is 1.05. The Hall–Kier alpha value is -3.20. The Morgan fingerprint density at radius 2 is 1.79 bits per heavy atom. The number of rotatable bonds is 9. The van der Waals surface area contributed by atoms with Crippen LogP contribution < -0.4 is 15.5 Å². The zero-order valence-corrected chi connectivity index (χ0v) is 19.5. The molecule has 33 heavy (non-hydrogen) atoms. The van der Waals surface area contributed by atoms with Gasteiger partial charge >= 0.3 is 5.97 Å². The van der Waals surface area contributed by atoms with E-state index in [1.807, 2.05) is 12.1 Å². The van der Waals surface area contributed by atoms with E-state index in [-0.39, 0.29) is 18.9 Å². The van der Waals surface area contributed by atoms with Gasteiger partial charge in [-0.3, -0.25) is 4.79 Å². The third-order valence-electron chi connectivity index (χ3n) is 5.35. The SMILES string of the molecule is CC(C)(C)O[C@@H](CCNC(=O)c1ccc(N2CCC(Nc3ncccn3)CC2)cc1)C(=O)O. The third-order valence-corrected chi connectivity index (χ3v) is 5.35. The molecule has 3 rings (SSSR count). The lowest BCUT2D eigenvalue weighted by Crippen LogP contribution is -2.39. The standard InChI is InChI=1S/C24H33N5O4/c1-24(2,3)33-20(22(31)32)9-14-25-21(30)17-5-7-19(8-6-17)29-15-10-18(11-16-29)28-23-26-12-4-13-27-23/h4-8,12-13,18,20H,9-11,14-16H2,1-3H3,(H,25,30)(H,31,32)(H,26,27,28)/t20-/m0/s1. The number of hydrogen-bond acceptors (Lipinski definition) is 7. The van der Waals surface area contributed by atoms with Crippen molar-refractivity contribution in [1.29, 1.82) is 0 Å². The number of carbonyl (C=O) groups is 2. The first-order valence-electron chi connectivity index (χ1n) is 11.3. The van der Waals surface area contributed by atoms with Gasteiger partial charge in [0.15, 0.2) is 6.10 Å². The number of amides is 1. The molecule has 2 aromatic rings. The fourth-order valence-corrected chi connectivity index (χ4v) is 3.74. The maximum atomic E-state index is 12.5. The number of carboxylic acid groups (broad SMARTS) is 1. The summed E-state index contributed by atoms with van der Waals surface area (Å²) in [5.74, 6) is -0.600. The molecule has 3 N–H and O–H groups in total. The quantitative estimate of drug-likeness (QED) is 0.528. The van der Waals surface area contributed by atoms with Crippen LogP contribution in [0.5, 0.6) is 0 Å². The lowest BCUT2D eigenvalue weighted by molar-refractivity contribution is -0.160. The highest BCUT2D eigenvalue weighted by atomic mass is 16.5. The van der Waals surface area contributed by atoms with Crippen molar-refractivity contribution in [3.63, 3.8) is 0 Å². The van der Waals surface area contributed by atoms with Gasteiger partial charge in [0, 0.05) is 55.7 Å². The van der Waals surface area contributed by atoms with Crippen LogP contribution in [0.3, 0.4) is 0 Å². The summed E-state index contributed by atoms with van der Waals surface area (Å²) >= 11 is 0. The fraction of sp³-hybridized carbons (Fsp3) is 0.500. The number of carbonyl (C=O) groups excluding carboxylic acids is 1. The Morgan fingerprint density at radius 1 is 1.15 bits per heavy atom. The Bertz CT molecular complexity index is 907. The Labute approximate surface area is 194 Å². The van der Waals surface area contributed by atoms with Crippen LogP contribution in [0, 0.1) is 0 Å². The number of piperidine rings is 1. The van der Waals surface area contributed by atoms with E-state index in [9.17, 15) is 14.7 Å². The van der Waals surface area contributed by atoms with Crippen molar-refractivity contribution in [2.45, 2.75) is 57.8 Å². The Morgan fingerprint density at radius 3 is 2.36 bits per heavy atom. The number of anilines is 2. The maximum absolute atomic E-state index is 12.5. The van der Waals surface area contributed by atoms with Crippen LogP contribution in [0.4, 0.5) is 11.6 Å². The summed E-state index contributed by atoms with van der Waals surface area (Å²) < 4.78 is 5.54.